The highest BCUT2D eigenvalue weighted by molar-refractivity contribution is 5.78. The molecule has 0 aliphatic rings. The maximum Gasteiger partial charge on any atom is 0.258 e. The number of aromatic nitrogens is 2. The maximum absolute atomic E-state index is 12.4. The van der Waals surface area contributed by atoms with Gasteiger partial charge in [0.2, 0.25) is 12.3 Å². The van der Waals surface area contributed by atoms with Crippen molar-refractivity contribution >= 4 is 5.91 Å². The molecule has 1 N–H and O–H groups in total. The number of carbonyl (C=O) groups excluding carboxylic acids is 1. The molecular formula is C21H23N3O3. The molecule has 6 nitrogen and oxygen atoms in total. The molecule has 0 radical (unpaired) electrons. The van der Waals surface area contributed by atoms with E-state index in [-0.39, 0.29) is 18.6 Å². The van der Waals surface area contributed by atoms with Gasteiger partial charge >= 0.3 is 0 Å². The molecule has 1 heterocycles. The first kappa shape index (κ1) is 18.6. The fourth-order valence-electron chi connectivity index (χ4n) is 2.81. The van der Waals surface area contributed by atoms with E-state index in [0.29, 0.717) is 17.6 Å². The molecule has 1 aromatic heterocycles. The van der Waals surface area contributed by atoms with Crippen molar-refractivity contribution in [1.29, 1.82) is 0 Å². The van der Waals surface area contributed by atoms with Gasteiger partial charge in [0, 0.05) is 5.56 Å². The lowest BCUT2D eigenvalue weighted by atomic mass is 9.97. The molecule has 2 aromatic carbocycles. The number of benzene rings is 2. The lowest BCUT2D eigenvalue weighted by Gasteiger charge is -2.21. The Hall–Kier alpha value is -3.15. The lowest BCUT2D eigenvalue weighted by Crippen LogP contribution is -2.33. The highest BCUT2D eigenvalue weighted by Gasteiger charge is 2.16. The number of nitrogens with zero attached hydrogens (tertiary/aromatic N) is 2. The van der Waals surface area contributed by atoms with Gasteiger partial charge in [0.05, 0.1) is 6.04 Å². The van der Waals surface area contributed by atoms with E-state index >= 15 is 0 Å². The third kappa shape index (κ3) is 5.41. The molecule has 0 spiro atoms. The summed E-state index contributed by atoms with van der Waals surface area (Å²) in [5.74, 6) is 1.37. The molecule has 0 aliphatic heterocycles. The van der Waals surface area contributed by atoms with Gasteiger partial charge in [-0.1, -0.05) is 44.2 Å². The number of amides is 1. The average Bonchev–Trinajstić information content (AvgIpc) is 3.21. The molecule has 1 unspecified atom stereocenters. The number of hydrogen-bond donors (Lipinski definition) is 1. The zero-order valence-corrected chi connectivity index (χ0v) is 15.5. The minimum atomic E-state index is -0.148. The van der Waals surface area contributed by atoms with Crippen molar-refractivity contribution in [1.82, 2.24) is 15.5 Å². The number of ether oxygens (including phenoxy) is 1. The molecule has 140 valence electrons. The van der Waals surface area contributed by atoms with Gasteiger partial charge in [0.25, 0.3) is 5.91 Å². The van der Waals surface area contributed by atoms with Crippen LogP contribution in [0.3, 0.4) is 0 Å². The van der Waals surface area contributed by atoms with E-state index in [2.05, 4.69) is 29.4 Å². The Balaban J connectivity index is 1.56. The Kier molecular flexibility index (Phi) is 6.20. The Labute approximate surface area is 158 Å². The molecule has 0 saturated heterocycles. The number of hydrogen-bond acceptors (Lipinski definition) is 5. The summed E-state index contributed by atoms with van der Waals surface area (Å²) in [4.78, 5) is 12.4. The van der Waals surface area contributed by atoms with Crippen LogP contribution in [0, 0.1) is 5.92 Å². The predicted molar refractivity (Wildman–Crippen MR) is 102 cm³/mol. The topological polar surface area (TPSA) is 77.2 Å². The van der Waals surface area contributed by atoms with Crippen molar-refractivity contribution in [2.75, 3.05) is 6.61 Å². The van der Waals surface area contributed by atoms with Gasteiger partial charge in [-0.2, -0.15) is 0 Å². The maximum atomic E-state index is 12.4. The van der Waals surface area contributed by atoms with Crippen molar-refractivity contribution in [3.8, 4) is 17.2 Å². The Morgan fingerprint density at radius 3 is 2.48 bits per heavy atom. The molecule has 27 heavy (non-hydrogen) atoms. The van der Waals surface area contributed by atoms with Crippen molar-refractivity contribution in [2.24, 2.45) is 5.92 Å². The van der Waals surface area contributed by atoms with Gasteiger partial charge in [0.15, 0.2) is 6.61 Å². The first-order chi connectivity index (χ1) is 13.1. The van der Waals surface area contributed by atoms with E-state index in [1.54, 1.807) is 12.1 Å². The standard InChI is InChI=1S/C21H23N3O3/c1-15(2)12-19(16-6-4-3-5-7-16)23-20(25)13-26-18-10-8-17(9-11-18)21-24-22-14-27-21/h3-11,14-15,19H,12-13H2,1-2H3,(H,23,25). The molecule has 0 saturated carbocycles. The smallest absolute Gasteiger partial charge is 0.258 e. The van der Waals surface area contributed by atoms with E-state index in [4.69, 9.17) is 9.15 Å². The largest absolute Gasteiger partial charge is 0.484 e. The lowest BCUT2D eigenvalue weighted by molar-refractivity contribution is -0.124. The molecule has 3 rings (SSSR count). The normalized spacial score (nSPS) is 12.0. The molecule has 0 bridgehead atoms. The minimum Gasteiger partial charge on any atom is -0.484 e. The molecule has 1 amide bonds. The van der Waals surface area contributed by atoms with Crippen LogP contribution in [0.25, 0.3) is 11.5 Å². The number of nitrogens with one attached hydrogen (secondary N) is 1. The third-order valence-electron chi connectivity index (χ3n) is 4.08. The quantitative estimate of drug-likeness (QED) is 0.652. The van der Waals surface area contributed by atoms with Gasteiger partial charge in [-0.05, 0) is 42.2 Å². The number of rotatable bonds is 8. The molecule has 0 aliphatic carbocycles. The van der Waals surface area contributed by atoms with Crippen LogP contribution in [-0.2, 0) is 4.79 Å². The van der Waals surface area contributed by atoms with Crippen LogP contribution in [0.5, 0.6) is 5.75 Å². The van der Waals surface area contributed by atoms with Gasteiger partial charge in [-0.25, -0.2) is 0 Å². The van der Waals surface area contributed by atoms with E-state index in [9.17, 15) is 4.79 Å². The van der Waals surface area contributed by atoms with Crippen molar-refractivity contribution in [3.05, 3.63) is 66.6 Å². The van der Waals surface area contributed by atoms with Crippen LogP contribution in [0.15, 0.2) is 65.4 Å². The van der Waals surface area contributed by atoms with E-state index < -0.39 is 0 Å². The van der Waals surface area contributed by atoms with Crippen molar-refractivity contribution < 1.29 is 13.9 Å². The Bertz CT molecular complexity index is 831. The first-order valence-corrected chi connectivity index (χ1v) is 8.95. The summed E-state index contributed by atoms with van der Waals surface area (Å²) in [7, 11) is 0. The van der Waals surface area contributed by atoms with Gasteiger partial charge in [-0.3, -0.25) is 4.79 Å². The molecule has 6 heteroatoms. The summed E-state index contributed by atoms with van der Waals surface area (Å²) < 4.78 is 10.8. The van der Waals surface area contributed by atoms with E-state index in [1.165, 1.54) is 6.39 Å². The van der Waals surface area contributed by atoms with Crippen LogP contribution < -0.4 is 10.1 Å². The second kappa shape index (κ2) is 8.98. The van der Waals surface area contributed by atoms with E-state index in [0.717, 1.165) is 17.5 Å². The molecule has 3 aromatic rings. The van der Waals surface area contributed by atoms with Crippen LogP contribution in [0.4, 0.5) is 0 Å². The minimum absolute atomic E-state index is 0.0257. The third-order valence-corrected chi connectivity index (χ3v) is 4.08. The van der Waals surface area contributed by atoms with Gasteiger partial charge in [0.1, 0.15) is 5.75 Å². The van der Waals surface area contributed by atoms with Crippen LogP contribution in [-0.4, -0.2) is 22.7 Å². The summed E-state index contributed by atoms with van der Waals surface area (Å²) >= 11 is 0. The highest BCUT2D eigenvalue weighted by Crippen LogP contribution is 2.22. The van der Waals surface area contributed by atoms with Crippen LogP contribution >= 0.6 is 0 Å². The molecule has 1 atom stereocenters. The van der Waals surface area contributed by atoms with Crippen molar-refractivity contribution in [2.45, 2.75) is 26.3 Å². The fourth-order valence-corrected chi connectivity index (χ4v) is 2.81. The highest BCUT2D eigenvalue weighted by atomic mass is 16.5. The van der Waals surface area contributed by atoms with E-state index in [1.807, 2.05) is 42.5 Å². The van der Waals surface area contributed by atoms with Gasteiger partial charge < -0.3 is 14.5 Å². The zero-order valence-electron chi connectivity index (χ0n) is 15.5. The number of carbonyl (C=O) groups is 1. The molecule has 0 fully saturated rings. The van der Waals surface area contributed by atoms with Crippen LogP contribution in [0.1, 0.15) is 31.9 Å². The first-order valence-electron chi connectivity index (χ1n) is 8.95. The summed E-state index contributed by atoms with van der Waals surface area (Å²) in [6.07, 6.45) is 2.15. The zero-order chi connectivity index (χ0) is 19.1. The Morgan fingerprint density at radius 1 is 1.11 bits per heavy atom. The second-order valence-electron chi connectivity index (χ2n) is 6.72. The SMILES string of the molecule is CC(C)CC(NC(=O)COc1ccc(-c2nnco2)cc1)c1ccccc1. The fraction of sp³-hybridized carbons (Fsp3) is 0.286. The monoisotopic (exact) mass is 365 g/mol. The average molecular weight is 365 g/mol. The Morgan fingerprint density at radius 2 is 1.85 bits per heavy atom. The van der Waals surface area contributed by atoms with Crippen LogP contribution in [0.2, 0.25) is 0 Å². The predicted octanol–water partition coefficient (Wildman–Crippen LogP) is 4.02. The summed E-state index contributed by atoms with van der Waals surface area (Å²) in [6.45, 7) is 4.24. The summed E-state index contributed by atoms with van der Waals surface area (Å²) in [6, 6.07) is 17.1. The summed E-state index contributed by atoms with van der Waals surface area (Å²) in [5, 5.41) is 10.6. The van der Waals surface area contributed by atoms with Gasteiger partial charge in [-0.15, -0.1) is 10.2 Å². The van der Waals surface area contributed by atoms with Crippen molar-refractivity contribution in [3.63, 3.8) is 0 Å². The second-order valence-corrected chi connectivity index (χ2v) is 6.72. The summed E-state index contributed by atoms with van der Waals surface area (Å²) in [5.41, 5.74) is 1.90. The molecular weight excluding hydrogens is 342 g/mol.